The molecule has 6 nitrogen and oxygen atoms in total. The molecule has 0 aliphatic heterocycles. The van der Waals surface area contributed by atoms with E-state index in [1.54, 1.807) is 12.2 Å². The molecule has 174 valence electrons. The molecule has 0 spiro atoms. The molecule has 1 amide bonds. The van der Waals surface area contributed by atoms with Crippen LogP contribution in [0.25, 0.3) is 34.3 Å². The SMILES string of the molecule is NC(=O)Cc1ccccc1-c1ccc2nc(C=Cc3ccc(S(=O)(=O)C(F)(F)F)cc3)[nH]c2c1. The van der Waals surface area contributed by atoms with Crippen molar-refractivity contribution < 1.29 is 26.4 Å². The van der Waals surface area contributed by atoms with E-state index in [4.69, 9.17) is 5.73 Å². The summed E-state index contributed by atoms with van der Waals surface area (Å²) in [7, 11) is -5.38. The molecule has 1 aromatic heterocycles. The summed E-state index contributed by atoms with van der Waals surface area (Å²) in [4.78, 5) is 18.2. The number of nitrogens with one attached hydrogen (secondary N) is 1. The molecule has 0 unspecified atom stereocenters. The number of hydrogen-bond acceptors (Lipinski definition) is 4. The lowest BCUT2D eigenvalue weighted by molar-refractivity contribution is -0.117. The number of hydrogen-bond donors (Lipinski definition) is 2. The minimum absolute atomic E-state index is 0.119. The van der Waals surface area contributed by atoms with Crippen LogP contribution < -0.4 is 5.73 Å². The maximum atomic E-state index is 12.7. The van der Waals surface area contributed by atoms with E-state index < -0.39 is 26.1 Å². The highest BCUT2D eigenvalue weighted by atomic mass is 32.2. The Hall–Kier alpha value is -3.92. The maximum absolute atomic E-state index is 12.7. The quantitative estimate of drug-likeness (QED) is 0.412. The molecule has 0 saturated carbocycles. The molecule has 0 aliphatic carbocycles. The van der Waals surface area contributed by atoms with Crippen molar-refractivity contribution in [1.82, 2.24) is 9.97 Å². The summed E-state index contributed by atoms with van der Waals surface area (Å²) >= 11 is 0. The highest BCUT2D eigenvalue weighted by Crippen LogP contribution is 2.30. The van der Waals surface area contributed by atoms with Gasteiger partial charge in [0.2, 0.25) is 5.91 Å². The van der Waals surface area contributed by atoms with Crippen LogP contribution in [0.3, 0.4) is 0 Å². The van der Waals surface area contributed by atoms with E-state index in [9.17, 15) is 26.4 Å². The first-order valence-corrected chi connectivity index (χ1v) is 11.5. The highest BCUT2D eigenvalue weighted by Gasteiger charge is 2.46. The third kappa shape index (κ3) is 4.72. The Kier molecular flexibility index (Phi) is 6.01. The van der Waals surface area contributed by atoms with Crippen LogP contribution in [0.15, 0.2) is 71.6 Å². The zero-order chi connectivity index (χ0) is 24.5. The molecule has 3 N–H and O–H groups in total. The van der Waals surface area contributed by atoms with Crippen LogP contribution in [0, 0.1) is 0 Å². The molecule has 3 aromatic carbocycles. The minimum Gasteiger partial charge on any atom is -0.369 e. The standard InChI is InChI=1S/C24H18F3N3O3S/c25-24(26,27)34(32,33)18-9-5-15(6-10-18)7-12-23-29-20-11-8-17(13-21(20)30-23)19-4-2-1-3-16(19)14-22(28)31/h1-13H,14H2,(H2,28,31)(H,29,30). The summed E-state index contributed by atoms with van der Waals surface area (Å²) < 4.78 is 60.9. The van der Waals surface area contributed by atoms with Crippen molar-refractivity contribution in [3.05, 3.63) is 83.7 Å². The second-order valence-corrected chi connectivity index (χ2v) is 9.45. The minimum atomic E-state index is -5.38. The number of fused-ring (bicyclic) bond motifs is 1. The monoisotopic (exact) mass is 485 g/mol. The molecule has 0 fully saturated rings. The van der Waals surface area contributed by atoms with Crippen molar-refractivity contribution in [2.24, 2.45) is 5.73 Å². The van der Waals surface area contributed by atoms with E-state index in [-0.39, 0.29) is 6.42 Å². The van der Waals surface area contributed by atoms with Crippen molar-refractivity contribution in [2.45, 2.75) is 16.8 Å². The molecular formula is C24H18F3N3O3S. The number of halogens is 3. The molecule has 0 aliphatic rings. The Morgan fingerprint density at radius 3 is 2.38 bits per heavy atom. The van der Waals surface area contributed by atoms with E-state index >= 15 is 0 Å². The Balaban J connectivity index is 1.58. The maximum Gasteiger partial charge on any atom is 0.501 e. The second-order valence-electron chi connectivity index (χ2n) is 7.51. The number of nitrogens with zero attached hydrogens (tertiary/aromatic N) is 1. The highest BCUT2D eigenvalue weighted by molar-refractivity contribution is 7.92. The van der Waals surface area contributed by atoms with E-state index in [1.165, 1.54) is 12.1 Å². The van der Waals surface area contributed by atoms with Gasteiger partial charge in [0.15, 0.2) is 0 Å². The van der Waals surface area contributed by atoms with E-state index in [2.05, 4.69) is 9.97 Å². The van der Waals surface area contributed by atoms with Crippen LogP contribution in [-0.2, 0) is 21.1 Å². The normalized spacial score (nSPS) is 12.4. The number of imidazole rings is 1. The number of sulfone groups is 1. The summed E-state index contributed by atoms with van der Waals surface area (Å²) in [5.41, 5.74) is 4.52. The lowest BCUT2D eigenvalue weighted by Crippen LogP contribution is -2.23. The number of carbonyl (C=O) groups excluding carboxylic acids is 1. The van der Waals surface area contributed by atoms with Crippen LogP contribution in [0.5, 0.6) is 0 Å². The first-order valence-electron chi connectivity index (χ1n) is 10.0. The zero-order valence-electron chi connectivity index (χ0n) is 17.5. The lowest BCUT2D eigenvalue weighted by atomic mass is 9.97. The first-order chi connectivity index (χ1) is 16.0. The number of primary amides is 1. The van der Waals surface area contributed by atoms with Crippen LogP contribution >= 0.6 is 0 Å². The van der Waals surface area contributed by atoms with Gasteiger partial charge < -0.3 is 10.7 Å². The van der Waals surface area contributed by atoms with Gasteiger partial charge in [-0.2, -0.15) is 13.2 Å². The van der Waals surface area contributed by atoms with Crippen molar-refractivity contribution in [2.75, 3.05) is 0 Å². The van der Waals surface area contributed by atoms with Crippen molar-refractivity contribution in [3.63, 3.8) is 0 Å². The number of aromatic amines is 1. The average molecular weight is 485 g/mol. The summed E-state index contributed by atoms with van der Waals surface area (Å²) in [6, 6.07) is 17.5. The predicted octanol–water partition coefficient (Wildman–Crippen LogP) is 4.72. The predicted molar refractivity (Wildman–Crippen MR) is 123 cm³/mol. The number of aromatic nitrogens is 2. The fourth-order valence-electron chi connectivity index (χ4n) is 3.49. The molecule has 4 aromatic rings. The smallest absolute Gasteiger partial charge is 0.369 e. The van der Waals surface area contributed by atoms with Crippen molar-refractivity contribution >= 4 is 38.9 Å². The van der Waals surface area contributed by atoms with Gasteiger partial charge in [-0.15, -0.1) is 0 Å². The van der Waals surface area contributed by atoms with Gasteiger partial charge in [0, 0.05) is 0 Å². The lowest BCUT2D eigenvalue weighted by Gasteiger charge is -2.08. The van der Waals surface area contributed by atoms with Gasteiger partial charge in [-0.3, -0.25) is 4.79 Å². The van der Waals surface area contributed by atoms with Crippen molar-refractivity contribution in [3.8, 4) is 11.1 Å². The van der Waals surface area contributed by atoms with Gasteiger partial charge in [0.1, 0.15) is 5.82 Å². The first kappa shape index (κ1) is 23.2. The molecular weight excluding hydrogens is 467 g/mol. The fourth-order valence-corrected chi connectivity index (χ4v) is 4.25. The van der Waals surface area contributed by atoms with E-state index in [0.29, 0.717) is 16.9 Å². The van der Waals surface area contributed by atoms with Gasteiger partial charge >= 0.3 is 5.51 Å². The number of H-pyrrole nitrogens is 1. The van der Waals surface area contributed by atoms with Gasteiger partial charge in [-0.1, -0.05) is 48.5 Å². The third-order valence-electron chi connectivity index (χ3n) is 5.12. The average Bonchev–Trinajstić information content (AvgIpc) is 3.19. The number of rotatable bonds is 6. The molecule has 0 saturated heterocycles. The Morgan fingerprint density at radius 1 is 1.00 bits per heavy atom. The zero-order valence-corrected chi connectivity index (χ0v) is 18.3. The largest absolute Gasteiger partial charge is 0.501 e. The molecule has 34 heavy (non-hydrogen) atoms. The van der Waals surface area contributed by atoms with Gasteiger partial charge in [-0.05, 0) is 52.6 Å². The molecule has 0 atom stereocenters. The molecule has 0 radical (unpaired) electrons. The topological polar surface area (TPSA) is 106 Å². The fraction of sp³-hybridized carbons (Fsp3) is 0.0833. The molecule has 10 heteroatoms. The Morgan fingerprint density at radius 2 is 1.71 bits per heavy atom. The Labute approximate surface area is 192 Å². The number of carbonyl (C=O) groups is 1. The summed E-state index contributed by atoms with van der Waals surface area (Å²) in [6.07, 6.45) is 3.35. The van der Waals surface area contributed by atoms with Crippen LogP contribution in [0.1, 0.15) is 17.0 Å². The number of alkyl halides is 3. The second kappa shape index (κ2) is 8.79. The number of nitrogens with two attached hydrogens (primary N) is 1. The molecule has 0 bridgehead atoms. The molecule has 4 rings (SSSR count). The van der Waals surface area contributed by atoms with Crippen molar-refractivity contribution in [1.29, 1.82) is 0 Å². The van der Waals surface area contributed by atoms with Crippen LogP contribution in [-0.4, -0.2) is 29.8 Å². The van der Waals surface area contributed by atoms with E-state index in [1.807, 2.05) is 42.5 Å². The summed E-state index contributed by atoms with van der Waals surface area (Å²) in [5.74, 6) is 0.0797. The number of amides is 1. The van der Waals surface area contributed by atoms with Gasteiger partial charge in [0.05, 0.1) is 22.3 Å². The van der Waals surface area contributed by atoms with Gasteiger partial charge in [0.25, 0.3) is 9.84 Å². The van der Waals surface area contributed by atoms with Crippen LogP contribution in [0.4, 0.5) is 13.2 Å². The third-order valence-corrected chi connectivity index (χ3v) is 6.62. The summed E-state index contributed by atoms with van der Waals surface area (Å²) in [5, 5.41) is 0. The van der Waals surface area contributed by atoms with E-state index in [0.717, 1.165) is 34.3 Å². The van der Waals surface area contributed by atoms with Gasteiger partial charge in [-0.25, -0.2) is 13.4 Å². The van der Waals surface area contributed by atoms with Crippen LogP contribution in [0.2, 0.25) is 0 Å². The Bertz CT molecular complexity index is 1510. The summed E-state index contributed by atoms with van der Waals surface area (Å²) in [6.45, 7) is 0. The number of benzene rings is 3. The molecule has 1 heterocycles.